The molecular weight excluding hydrogens is 340 g/mol. The minimum absolute atomic E-state index is 0.0456. The molecule has 1 aromatic rings. The van der Waals surface area contributed by atoms with Crippen molar-refractivity contribution in [2.45, 2.75) is 37.3 Å². The number of methoxy groups -OCH3 is 2. The van der Waals surface area contributed by atoms with Crippen molar-refractivity contribution in [1.29, 1.82) is 0 Å². The number of anilines is 1. The molecule has 0 aromatic heterocycles. The number of fused-ring (bicyclic) bond motifs is 1. The van der Waals surface area contributed by atoms with Gasteiger partial charge in [-0.1, -0.05) is 11.6 Å². The van der Waals surface area contributed by atoms with Gasteiger partial charge in [0.1, 0.15) is 5.75 Å². The van der Waals surface area contributed by atoms with E-state index in [0.29, 0.717) is 18.0 Å². The maximum Gasteiger partial charge on any atom is 0.310 e. The maximum absolute atomic E-state index is 13.2. The summed E-state index contributed by atoms with van der Waals surface area (Å²) in [5, 5.41) is 0. The average Bonchev–Trinajstić information content (AvgIpc) is 3.11. The third-order valence-corrected chi connectivity index (χ3v) is 7.78. The molecule has 144 valence electrons. The number of rotatable bonds is 2. The molecule has 5 rings (SSSR count). The quantitative estimate of drug-likeness (QED) is 0.593. The van der Waals surface area contributed by atoms with Crippen LogP contribution in [0.2, 0.25) is 0 Å². The van der Waals surface area contributed by atoms with E-state index in [1.807, 2.05) is 6.07 Å². The summed E-state index contributed by atoms with van der Waals surface area (Å²) in [6.45, 7) is 4.19. The highest BCUT2D eigenvalue weighted by atomic mass is 16.5. The first kappa shape index (κ1) is 17.1. The van der Waals surface area contributed by atoms with Crippen LogP contribution < -0.4 is 9.64 Å². The number of allylic oxidation sites excluding steroid dienone is 1. The maximum atomic E-state index is 13.2. The average molecular weight is 368 g/mol. The number of likely N-dealkylation sites (N-methyl/N-ethyl adjacent to an activating group) is 1. The zero-order chi connectivity index (χ0) is 18.9. The van der Waals surface area contributed by atoms with Gasteiger partial charge in [0.25, 0.3) is 0 Å². The van der Waals surface area contributed by atoms with Gasteiger partial charge in [-0.2, -0.15) is 0 Å². The Balaban J connectivity index is 1.74. The van der Waals surface area contributed by atoms with E-state index in [-0.39, 0.29) is 17.3 Å². The Bertz CT molecular complexity index is 835. The predicted octanol–water partition coefficient (Wildman–Crippen LogP) is 2.59. The number of hydrogen-bond donors (Lipinski definition) is 0. The minimum Gasteiger partial charge on any atom is -0.497 e. The second-order valence-corrected chi connectivity index (χ2v) is 8.51. The molecule has 0 amide bonds. The van der Waals surface area contributed by atoms with E-state index in [1.165, 1.54) is 16.8 Å². The van der Waals surface area contributed by atoms with Crippen LogP contribution in [-0.2, 0) is 14.9 Å². The summed E-state index contributed by atoms with van der Waals surface area (Å²) in [5.41, 5.74) is 3.80. The van der Waals surface area contributed by atoms with Crippen LogP contribution in [0, 0.1) is 11.8 Å². The van der Waals surface area contributed by atoms with Crippen LogP contribution in [-0.4, -0.2) is 57.3 Å². The summed E-state index contributed by atoms with van der Waals surface area (Å²) < 4.78 is 10.9. The molecule has 0 N–H and O–H groups in total. The lowest BCUT2D eigenvalue weighted by Crippen LogP contribution is -2.60. The lowest BCUT2D eigenvalue weighted by atomic mass is 9.67. The first-order chi connectivity index (χ1) is 13.1. The molecule has 0 unspecified atom stereocenters. The van der Waals surface area contributed by atoms with Gasteiger partial charge >= 0.3 is 5.97 Å². The van der Waals surface area contributed by atoms with Gasteiger partial charge in [-0.25, -0.2) is 0 Å². The number of ether oxygens (including phenoxy) is 2. The molecule has 5 atom stereocenters. The molecule has 1 aliphatic carbocycles. The lowest BCUT2D eigenvalue weighted by Gasteiger charge is -2.48. The highest BCUT2D eigenvalue weighted by Gasteiger charge is 2.71. The van der Waals surface area contributed by atoms with Gasteiger partial charge in [-0.15, -0.1) is 0 Å². The SMILES string of the molecule is CC=C1C[C@H]2[C@H]3[C@H]4N(C)c5ccc(OC)cc5[C@@]4(CCN3C1)[C@@H]2C(=O)OC. The fourth-order valence-electron chi connectivity index (χ4n) is 6.83. The number of benzene rings is 1. The monoisotopic (exact) mass is 368 g/mol. The summed E-state index contributed by atoms with van der Waals surface area (Å²) in [6, 6.07) is 7.08. The third kappa shape index (κ3) is 1.96. The smallest absolute Gasteiger partial charge is 0.310 e. The van der Waals surface area contributed by atoms with Crippen molar-refractivity contribution < 1.29 is 14.3 Å². The zero-order valence-electron chi connectivity index (χ0n) is 16.6. The van der Waals surface area contributed by atoms with E-state index in [0.717, 1.165) is 31.7 Å². The normalized spacial score (nSPS) is 37.9. The number of carbonyl (C=O) groups excluding carboxylic acids is 1. The second kappa shape index (κ2) is 5.74. The fourth-order valence-corrected chi connectivity index (χ4v) is 6.83. The van der Waals surface area contributed by atoms with Crippen LogP contribution in [0.1, 0.15) is 25.3 Å². The fraction of sp³-hybridized carbons (Fsp3) is 0.591. The highest BCUT2D eigenvalue weighted by Crippen LogP contribution is 2.65. The van der Waals surface area contributed by atoms with Crippen molar-refractivity contribution in [1.82, 2.24) is 4.90 Å². The Morgan fingerprint density at radius 3 is 2.85 bits per heavy atom. The molecule has 27 heavy (non-hydrogen) atoms. The van der Waals surface area contributed by atoms with E-state index in [9.17, 15) is 4.79 Å². The number of hydrogen-bond acceptors (Lipinski definition) is 5. The molecular formula is C22H28N2O3. The topological polar surface area (TPSA) is 42.0 Å². The summed E-state index contributed by atoms with van der Waals surface area (Å²) in [4.78, 5) is 18.2. The molecule has 3 aliphatic heterocycles. The molecule has 2 bridgehead atoms. The molecule has 5 heteroatoms. The van der Waals surface area contributed by atoms with E-state index >= 15 is 0 Å². The van der Waals surface area contributed by atoms with E-state index in [4.69, 9.17) is 9.47 Å². The first-order valence-corrected chi connectivity index (χ1v) is 9.94. The lowest BCUT2D eigenvalue weighted by molar-refractivity contribution is -0.149. The van der Waals surface area contributed by atoms with Crippen molar-refractivity contribution in [2.75, 3.05) is 39.3 Å². The van der Waals surface area contributed by atoms with Gasteiger partial charge in [0.05, 0.1) is 26.2 Å². The van der Waals surface area contributed by atoms with Crippen molar-refractivity contribution in [3.8, 4) is 5.75 Å². The highest BCUT2D eigenvalue weighted by molar-refractivity contribution is 5.81. The summed E-state index contributed by atoms with van der Waals surface area (Å²) in [5.74, 6) is 1.03. The second-order valence-electron chi connectivity index (χ2n) is 8.51. The van der Waals surface area contributed by atoms with Crippen LogP contribution in [0.4, 0.5) is 5.69 Å². The third-order valence-electron chi connectivity index (χ3n) is 7.78. The van der Waals surface area contributed by atoms with E-state index < -0.39 is 0 Å². The Morgan fingerprint density at radius 2 is 2.15 bits per heavy atom. The van der Waals surface area contributed by atoms with Gasteiger partial charge in [0, 0.05) is 30.7 Å². The summed E-state index contributed by atoms with van der Waals surface area (Å²) >= 11 is 0. The molecule has 0 radical (unpaired) electrons. The van der Waals surface area contributed by atoms with E-state index in [2.05, 4.69) is 42.0 Å². The van der Waals surface area contributed by atoms with Gasteiger partial charge < -0.3 is 14.4 Å². The number of esters is 1. The summed E-state index contributed by atoms with van der Waals surface area (Å²) in [7, 11) is 5.45. The van der Waals surface area contributed by atoms with Crippen molar-refractivity contribution in [3.63, 3.8) is 0 Å². The summed E-state index contributed by atoms with van der Waals surface area (Å²) in [6.07, 6.45) is 4.24. The molecule has 1 saturated carbocycles. The van der Waals surface area contributed by atoms with Gasteiger partial charge in [-0.05, 0) is 56.0 Å². The van der Waals surface area contributed by atoms with Crippen molar-refractivity contribution >= 4 is 11.7 Å². The number of carbonyl (C=O) groups is 1. The van der Waals surface area contributed by atoms with Gasteiger partial charge in [0.2, 0.25) is 0 Å². The van der Waals surface area contributed by atoms with Crippen molar-refractivity contribution in [2.24, 2.45) is 11.8 Å². The van der Waals surface area contributed by atoms with Gasteiger partial charge in [0.15, 0.2) is 0 Å². The molecule has 0 spiro atoms. The van der Waals surface area contributed by atoms with Crippen LogP contribution in [0.3, 0.4) is 0 Å². The molecule has 3 heterocycles. The molecule has 4 aliphatic rings. The Labute approximate surface area is 160 Å². The number of nitrogens with zero attached hydrogens (tertiary/aromatic N) is 2. The van der Waals surface area contributed by atoms with E-state index in [1.54, 1.807) is 14.2 Å². The van der Waals surface area contributed by atoms with Crippen LogP contribution >= 0.6 is 0 Å². The molecule has 2 saturated heterocycles. The molecule has 1 aromatic carbocycles. The zero-order valence-corrected chi connectivity index (χ0v) is 16.6. The largest absolute Gasteiger partial charge is 0.497 e. The Hall–Kier alpha value is -2.01. The van der Waals surface area contributed by atoms with Crippen molar-refractivity contribution in [3.05, 3.63) is 35.4 Å². The molecule has 5 nitrogen and oxygen atoms in total. The van der Waals surface area contributed by atoms with Gasteiger partial charge in [-0.3, -0.25) is 9.69 Å². The Kier molecular flexibility index (Phi) is 3.64. The Morgan fingerprint density at radius 1 is 1.33 bits per heavy atom. The minimum atomic E-state index is -0.180. The van der Waals surface area contributed by atoms with Crippen LogP contribution in [0.25, 0.3) is 0 Å². The molecule has 3 fully saturated rings. The standard InChI is InChI=1S/C22H28N2O3/c1-5-13-10-15-18(21(25)27-4)22-8-9-24(12-13)19(15)20(22)23(2)17-7-6-14(26-3)11-16(17)22/h5-7,11,15,18-20H,8-10,12H2,1-4H3/t15-,18+,19+,20-,22+/m1/s1. The van der Waals surface area contributed by atoms with Crippen LogP contribution in [0.5, 0.6) is 5.75 Å². The predicted molar refractivity (Wildman–Crippen MR) is 104 cm³/mol. The number of piperidine rings is 2. The first-order valence-electron chi connectivity index (χ1n) is 9.94. The van der Waals surface area contributed by atoms with Crippen LogP contribution in [0.15, 0.2) is 29.8 Å².